The van der Waals surface area contributed by atoms with Gasteiger partial charge >= 0.3 is 0 Å². The largest absolute Gasteiger partial charge is 0.508 e. The van der Waals surface area contributed by atoms with Crippen LogP contribution in [-0.2, 0) is 22.4 Å². The Morgan fingerprint density at radius 1 is 1.04 bits per heavy atom. The fourth-order valence-corrected chi connectivity index (χ4v) is 3.69. The molecule has 27 heavy (non-hydrogen) atoms. The minimum atomic E-state index is -0.197. The Hall–Kier alpha value is -1.71. The molecule has 0 spiro atoms. The molecule has 0 unspecified atom stereocenters. The average molecular weight is 377 g/mol. The highest BCUT2D eigenvalue weighted by Crippen LogP contribution is 2.43. The summed E-state index contributed by atoms with van der Waals surface area (Å²) in [6.07, 6.45) is 10.7. The third-order valence-corrected chi connectivity index (χ3v) is 5.63. The number of aromatic hydroxyl groups is 2. The van der Waals surface area contributed by atoms with Gasteiger partial charge in [-0.25, -0.2) is 0 Å². The molecule has 1 aliphatic carbocycles. The maximum Gasteiger partial charge on any atom is 0.293 e. The number of hydrogen-bond acceptors (Lipinski definition) is 4. The lowest BCUT2D eigenvalue weighted by Gasteiger charge is -2.17. The number of ether oxygens (including phenoxy) is 1. The van der Waals surface area contributed by atoms with Crippen LogP contribution in [0.1, 0.15) is 89.7 Å². The van der Waals surface area contributed by atoms with Gasteiger partial charge in [0.2, 0.25) is 0 Å². The maximum atomic E-state index is 10.6. The molecule has 4 nitrogen and oxygen atoms in total. The van der Waals surface area contributed by atoms with Gasteiger partial charge in [-0.1, -0.05) is 39.7 Å². The van der Waals surface area contributed by atoms with Gasteiger partial charge in [0.1, 0.15) is 17.1 Å². The van der Waals surface area contributed by atoms with Gasteiger partial charge in [-0.05, 0) is 74.8 Å². The van der Waals surface area contributed by atoms with Gasteiger partial charge in [0, 0.05) is 5.56 Å². The Balaban J connectivity index is 1.78. The van der Waals surface area contributed by atoms with Gasteiger partial charge in [0.15, 0.2) is 0 Å². The predicted molar refractivity (Wildman–Crippen MR) is 108 cm³/mol. The highest BCUT2D eigenvalue weighted by Gasteiger charge is 2.44. The van der Waals surface area contributed by atoms with Crippen LogP contribution in [-0.4, -0.2) is 22.3 Å². The van der Waals surface area contributed by atoms with E-state index in [-0.39, 0.29) is 17.1 Å². The normalized spacial score (nSPS) is 15.5. The Bertz CT molecular complexity index is 612. The summed E-state index contributed by atoms with van der Waals surface area (Å²) in [5, 5.41) is 20.7. The van der Waals surface area contributed by atoms with E-state index in [0.717, 1.165) is 56.9 Å². The molecule has 0 aliphatic heterocycles. The first-order valence-electron chi connectivity index (χ1n) is 10.4. The zero-order valence-electron chi connectivity index (χ0n) is 17.2. The number of unbranched alkanes of at least 4 members (excludes halogenated alkanes) is 3. The van der Waals surface area contributed by atoms with Crippen molar-refractivity contribution < 1.29 is 19.7 Å². The summed E-state index contributed by atoms with van der Waals surface area (Å²) in [4.78, 5) is 10.5. The van der Waals surface area contributed by atoms with Gasteiger partial charge in [0.05, 0.1) is 0 Å². The van der Waals surface area contributed by atoms with Crippen molar-refractivity contribution in [2.75, 3.05) is 0 Å². The Labute approximate surface area is 163 Å². The topological polar surface area (TPSA) is 66.8 Å². The fourth-order valence-electron chi connectivity index (χ4n) is 3.69. The molecule has 1 aromatic carbocycles. The Kier molecular flexibility index (Phi) is 7.58. The van der Waals surface area contributed by atoms with Crippen LogP contribution in [0.5, 0.6) is 11.5 Å². The maximum absolute atomic E-state index is 10.6. The highest BCUT2D eigenvalue weighted by molar-refractivity contribution is 5.48. The van der Waals surface area contributed by atoms with Crippen LogP contribution in [0, 0.1) is 5.41 Å². The minimum absolute atomic E-state index is 0.197. The summed E-state index contributed by atoms with van der Waals surface area (Å²) in [6.45, 7) is 7.32. The first-order chi connectivity index (χ1) is 12.8. The summed E-state index contributed by atoms with van der Waals surface area (Å²) >= 11 is 0. The standard InChI is InChI=1S/C23H36O4/c1-22(2,3)13-7-4-5-10-19-20(25)12-11-18(21(19)26)9-6-8-14-23(15-16-23)27-17-24/h11-12,17,25-26H,4-10,13-16H2,1-3H3. The second-order valence-electron chi connectivity index (χ2n) is 9.30. The van der Waals surface area contributed by atoms with E-state index in [0.29, 0.717) is 23.9 Å². The molecule has 1 aliphatic rings. The molecule has 1 saturated carbocycles. The van der Waals surface area contributed by atoms with E-state index in [1.54, 1.807) is 6.07 Å². The van der Waals surface area contributed by atoms with Crippen molar-refractivity contribution in [3.8, 4) is 11.5 Å². The summed E-state index contributed by atoms with van der Waals surface area (Å²) < 4.78 is 5.17. The van der Waals surface area contributed by atoms with Crippen LogP contribution < -0.4 is 0 Å². The van der Waals surface area contributed by atoms with Crippen LogP contribution in [0.3, 0.4) is 0 Å². The van der Waals surface area contributed by atoms with E-state index < -0.39 is 0 Å². The number of benzene rings is 1. The first-order valence-corrected chi connectivity index (χ1v) is 10.4. The van der Waals surface area contributed by atoms with Gasteiger partial charge in [-0.15, -0.1) is 0 Å². The minimum Gasteiger partial charge on any atom is -0.508 e. The smallest absolute Gasteiger partial charge is 0.293 e. The molecule has 0 aromatic heterocycles. The van der Waals surface area contributed by atoms with Crippen LogP contribution in [0.25, 0.3) is 0 Å². The number of rotatable bonds is 12. The van der Waals surface area contributed by atoms with Crippen molar-refractivity contribution in [2.45, 2.75) is 97.0 Å². The van der Waals surface area contributed by atoms with Crippen molar-refractivity contribution >= 4 is 6.47 Å². The van der Waals surface area contributed by atoms with Crippen LogP contribution in [0.4, 0.5) is 0 Å². The summed E-state index contributed by atoms with van der Waals surface area (Å²) in [5.41, 5.74) is 1.75. The number of carbonyl (C=O) groups excluding carboxylic acids is 1. The number of aryl methyl sites for hydroxylation is 1. The third kappa shape index (κ3) is 7.08. The summed E-state index contributed by atoms with van der Waals surface area (Å²) in [5.74, 6) is 0.458. The van der Waals surface area contributed by atoms with Gasteiger partial charge in [-0.3, -0.25) is 4.79 Å². The molecule has 4 heteroatoms. The third-order valence-electron chi connectivity index (χ3n) is 5.63. The molecule has 0 atom stereocenters. The average Bonchev–Trinajstić information content (AvgIpc) is 3.35. The zero-order chi connectivity index (χ0) is 19.9. The van der Waals surface area contributed by atoms with Crippen molar-refractivity contribution in [3.05, 3.63) is 23.3 Å². The van der Waals surface area contributed by atoms with E-state index in [9.17, 15) is 15.0 Å². The van der Waals surface area contributed by atoms with Crippen molar-refractivity contribution in [1.29, 1.82) is 0 Å². The Morgan fingerprint density at radius 3 is 2.37 bits per heavy atom. The molecule has 0 amide bonds. The second kappa shape index (κ2) is 9.48. The molecule has 0 radical (unpaired) electrons. The van der Waals surface area contributed by atoms with Crippen LogP contribution in [0.2, 0.25) is 0 Å². The molecule has 1 aromatic rings. The molecule has 0 saturated heterocycles. The summed E-state index contributed by atoms with van der Waals surface area (Å²) in [6, 6.07) is 3.53. The molecule has 1 fully saturated rings. The van der Waals surface area contributed by atoms with E-state index in [1.165, 1.54) is 12.8 Å². The number of phenols is 2. The lowest BCUT2D eigenvalue weighted by atomic mass is 9.89. The Morgan fingerprint density at radius 2 is 1.74 bits per heavy atom. The highest BCUT2D eigenvalue weighted by atomic mass is 16.5. The number of hydrogen-bond donors (Lipinski definition) is 2. The lowest BCUT2D eigenvalue weighted by Crippen LogP contribution is -2.12. The molecular weight excluding hydrogens is 340 g/mol. The molecule has 2 N–H and O–H groups in total. The van der Waals surface area contributed by atoms with Crippen molar-refractivity contribution in [2.24, 2.45) is 5.41 Å². The molecule has 0 heterocycles. The molecule has 2 rings (SSSR count). The summed E-state index contributed by atoms with van der Waals surface area (Å²) in [7, 11) is 0. The second-order valence-corrected chi connectivity index (χ2v) is 9.30. The van der Waals surface area contributed by atoms with E-state index >= 15 is 0 Å². The first kappa shape index (κ1) is 21.6. The molecule has 152 valence electrons. The van der Waals surface area contributed by atoms with Gasteiger partial charge in [0.25, 0.3) is 6.47 Å². The van der Waals surface area contributed by atoms with Crippen LogP contribution in [0.15, 0.2) is 12.1 Å². The van der Waals surface area contributed by atoms with Crippen molar-refractivity contribution in [1.82, 2.24) is 0 Å². The SMILES string of the molecule is CC(C)(C)CCCCCc1c(O)ccc(CCCCC2(OC=O)CC2)c1O. The monoisotopic (exact) mass is 376 g/mol. The van der Waals surface area contributed by atoms with Crippen molar-refractivity contribution in [3.63, 3.8) is 0 Å². The zero-order valence-corrected chi connectivity index (χ0v) is 17.2. The number of carbonyl (C=O) groups is 1. The van der Waals surface area contributed by atoms with Crippen LogP contribution >= 0.6 is 0 Å². The van der Waals surface area contributed by atoms with Gasteiger partial charge < -0.3 is 14.9 Å². The van der Waals surface area contributed by atoms with E-state index in [1.807, 2.05) is 6.07 Å². The number of phenolic OH excluding ortho intramolecular Hbond substituents is 2. The molecular formula is C23H36O4. The lowest BCUT2D eigenvalue weighted by molar-refractivity contribution is -0.135. The fraction of sp³-hybridized carbons (Fsp3) is 0.696. The van der Waals surface area contributed by atoms with E-state index in [4.69, 9.17) is 4.74 Å². The quantitative estimate of drug-likeness (QED) is 0.364. The predicted octanol–water partition coefficient (Wildman–Crippen LogP) is 5.67. The molecule has 0 bridgehead atoms. The van der Waals surface area contributed by atoms with Gasteiger partial charge in [-0.2, -0.15) is 0 Å². The van der Waals surface area contributed by atoms with E-state index in [2.05, 4.69) is 20.8 Å².